The number of halogens is 1. The van der Waals surface area contributed by atoms with Crippen molar-refractivity contribution in [3.63, 3.8) is 0 Å². The summed E-state index contributed by atoms with van der Waals surface area (Å²) in [5.41, 5.74) is 2.12. The summed E-state index contributed by atoms with van der Waals surface area (Å²) in [4.78, 5) is 15.3. The highest BCUT2D eigenvalue weighted by Crippen LogP contribution is 2.37. The van der Waals surface area contributed by atoms with Crippen LogP contribution in [0, 0.1) is 5.92 Å². The fourth-order valence-electron chi connectivity index (χ4n) is 4.60. The number of sulfonamides is 1. The van der Waals surface area contributed by atoms with Crippen LogP contribution >= 0.6 is 15.9 Å². The number of rotatable bonds is 5. The van der Waals surface area contributed by atoms with Crippen molar-refractivity contribution in [3.05, 3.63) is 46.4 Å². The van der Waals surface area contributed by atoms with Gasteiger partial charge in [-0.25, -0.2) is 8.42 Å². The van der Waals surface area contributed by atoms with Gasteiger partial charge in [0.05, 0.1) is 14.2 Å². The first-order valence-corrected chi connectivity index (χ1v) is 12.8. The Labute approximate surface area is 197 Å². The molecule has 1 saturated heterocycles. The number of hydrogen-bond donors (Lipinski definition) is 0. The summed E-state index contributed by atoms with van der Waals surface area (Å²) in [7, 11) is -0.836. The van der Waals surface area contributed by atoms with Crippen LogP contribution in [0.3, 0.4) is 0 Å². The molecule has 1 fully saturated rings. The van der Waals surface area contributed by atoms with Gasteiger partial charge >= 0.3 is 0 Å². The van der Waals surface area contributed by atoms with Gasteiger partial charge in [0.15, 0.2) is 0 Å². The zero-order chi connectivity index (χ0) is 23.0. The zero-order valence-corrected chi connectivity index (χ0v) is 20.8. The van der Waals surface area contributed by atoms with E-state index in [9.17, 15) is 13.2 Å². The Morgan fingerprint density at radius 2 is 1.78 bits per heavy atom. The molecule has 0 aromatic heterocycles. The lowest BCUT2D eigenvalue weighted by Crippen LogP contribution is -2.46. The lowest BCUT2D eigenvalue weighted by Gasteiger charge is -2.34. The molecule has 0 aliphatic carbocycles. The van der Waals surface area contributed by atoms with Gasteiger partial charge in [0, 0.05) is 41.3 Å². The number of carbonyl (C=O) groups excluding carboxylic acids is 1. The minimum absolute atomic E-state index is 0.0783. The van der Waals surface area contributed by atoms with Gasteiger partial charge in [0.2, 0.25) is 15.9 Å². The molecule has 2 heterocycles. The van der Waals surface area contributed by atoms with Crippen molar-refractivity contribution in [2.75, 3.05) is 32.2 Å². The molecular formula is C23H27BrN2O5S. The van der Waals surface area contributed by atoms with E-state index < -0.39 is 10.0 Å². The van der Waals surface area contributed by atoms with Gasteiger partial charge < -0.3 is 14.4 Å². The SMILES string of the molecule is COc1ccc(OC)c(S(=O)(=O)N2CCC(C(=O)N3c4ccc(Br)cc4C[C@@H]3C)CC2)c1. The van der Waals surface area contributed by atoms with E-state index in [4.69, 9.17) is 9.47 Å². The minimum atomic E-state index is -3.77. The maximum atomic E-state index is 13.4. The highest BCUT2D eigenvalue weighted by atomic mass is 79.9. The van der Waals surface area contributed by atoms with Gasteiger partial charge in [-0.2, -0.15) is 4.31 Å². The minimum Gasteiger partial charge on any atom is -0.497 e. The van der Waals surface area contributed by atoms with Crippen molar-refractivity contribution in [1.82, 2.24) is 4.31 Å². The first-order valence-electron chi connectivity index (χ1n) is 10.6. The first kappa shape index (κ1) is 23.1. The van der Waals surface area contributed by atoms with Gasteiger partial charge in [-0.1, -0.05) is 15.9 Å². The van der Waals surface area contributed by atoms with Crippen molar-refractivity contribution in [3.8, 4) is 11.5 Å². The van der Waals surface area contributed by atoms with Crippen LogP contribution in [-0.2, 0) is 21.2 Å². The second-order valence-corrected chi connectivity index (χ2v) is 11.1. The number of amides is 1. The summed E-state index contributed by atoms with van der Waals surface area (Å²) >= 11 is 3.50. The fraction of sp³-hybridized carbons (Fsp3) is 0.435. The van der Waals surface area contributed by atoms with Crippen LogP contribution in [-0.4, -0.2) is 52.0 Å². The Bertz CT molecular complexity index is 1130. The number of methoxy groups -OCH3 is 2. The smallest absolute Gasteiger partial charge is 0.246 e. The predicted molar refractivity (Wildman–Crippen MR) is 126 cm³/mol. The number of carbonyl (C=O) groups is 1. The van der Waals surface area contributed by atoms with E-state index in [0.29, 0.717) is 18.6 Å². The molecule has 1 amide bonds. The van der Waals surface area contributed by atoms with Crippen molar-refractivity contribution < 1.29 is 22.7 Å². The number of piperidine rings is 1. The number of hydrogen-bond acceptors (Lipinski definition) is 5. The van der Waals surface area contributed by atoms with Gasteiger partial charge in [-0.15, -0.1) is 0 Å². The van der Waals surface area contributed by atoms with Crippen LogP contribution < -0.4 is 14.4 Å². The maximum Gasteiger partial charge on any atom is 0.246 e. The van der Waals surface area contributed by atoms with Crippen LogP contribution in [0.1, 0.15) is 25.3 Å². The molecule has 172 valence electrons. The molecule has 1 atom stereocenters. The van der Waals surface area contributed by atoms with Crippen LogP contribution in [0.15, 0.2) is 45.8 Å². The molecule has 0 spiro atoms. The number of nitrogens with zero attached hydrogens (tertiary/aromatic N) is 2. The average molecular weight is 523 g/mol. The van der Waals surface area contributed by atoms with Gasteiger partial charge in [-0.05, 0) is 62.1 Å². The summed E-state index contributed by atoms with van der Waals surface area (Å²) in [6, 6.07) is 10.8. The molecular weight excluding hydrogens is 496 g/mol. The van der Waals surface area contributed by atoms with E-state index in [2.05, 4.69) is 28.9 Å². The summed E-state index contributed by atoms with van der Waals surface area (Å²) < 4.78 is 39.5. The molecule has 2 aromatic rings. The molecule has 32 heavy (non-hydrogen) atoms. The van der Waals surface area contributed by atoms with Gasteiger partial charge in [-0.3, -0.25) is 4.79 Å². The van der Waals surface area contributed by atoms with E-state index in [0.717, 1.165) is 22.1 Å². The van der Waals surface area contributed by atoms with Crippen molar-refractivity contribution >= 4 is 37.5 Å². The normalized spacial score (nSPS) is 19.6. The van der Waals surface area contributed by atoms with E-state index in [1.807, 2.05) is 17.0 Å². The number of fused-ring (bicyclic) bond motifs is 1. The summed E-state index contributed by atoms with van der Waals surface area (Å²) in [5.74, 6) is 0.598. The highest BCUT2D eigenvalue weighted by molar-refractivity contribution is 9.10. The summed E-state index contributed by atoms with van der Waals surface area (Å²) in [6.45, 7) is 2.63. The lowest BCUT2D eigenvalue weighted by atomic mass is 9.96. The number of ether oxygens (including phenoxy) is 2. The number of anilines is 1. The first-order chi connectivity index (χ1) is 15.3. The van der Waals surface area contributed by atoms with E-state index in [1.165, 1.54) is 24.6 Å². The molecule has 0 saturated carbocycles. The molecule has 0 bridgehead atoms. The largest absolute Gasteiger partial charge is 0.497 e. The molecule has 7 nitrogen and oxygen atoms in total. The summed E-state index contributed by atoms with van der Waals surface area (Å²) in [6.07, 6.45) is 1.79. The Hall–Kier alpha value is -2.10. The Balaban J connectivity index is 1.50. The lowest BCUT2D eigenvalue weighted by molar-refractivity contribution is -0.123. The summed E-state index contributed by atoms with van der Waals surface area (Å²) in [5, 5.41) is 0. The van der Waals surface area contributed by atoms with Crippen molar-refractivity contribution in [2.45, 2.75) is 37.1 Å². The maximum absolute atomic E-state index is 13.4. The third-order valence-corrected chi connectivity index (χ3v) is 8.70. The molecule has 2 aromatic carbocycles. The fourth-order valence-corrected chi connectivity index (χ4v) is 6.65. The standard InChI is InChI=1S/C23H27BrN2O5S/c1-15-12-17-13-18(24)4-6-20(17)26(15)23(27)16-8-10-25(11-9-16)32(28,29)22-14-19(30-2)5-7-21(22)31-3/h4-7,13-16H,8-12H2,1-3H3/t15-/m0/s1. The van der Waals surface area contributed by atoms with E-state index >= 15 is 0 Å². The Kier molecular flexibility index (Phi) is 6.51. The third-order valence-electron chi connectivity index (χ3n) is 6.29. The van der Waals surface area contributed by atoms with Crippen LogP contribution in [0.2, 0.25) is 0 Å². The molecule has 0 N–H and O–H groups in total. The number of benzene rings is 2. The van der Waals surface area contributed by atoms with Crippen LogP contribution in [0.4, 0.5) is 5.69 Å². The zero-order valence-electron chi connectivity index (χ0n) is 18.4. The molecule has 0 unspecified atom stereocenters. The van der Waals surface area contributed by atoms with Crippen molar-refractivity contribution in [2.24, 2.45) is 5.92 Å². The van der Waals surface area contributed by atoms with E-state index in [-0.39, 0.29) is 41.6 Å². The van der Waals surface area contributed by atoms with Crippen LogP contribution in [0.25, 0.3) is 0 Å². The van der Waals surface area contributed by atoms with Crippen LogP contribution in [0.5, 0.6) is 11.5 Å². The van der Waals surface area contributed by atoms with Gasteiger partial charge in [0.25, 0.3) is 0 Å². The topological polar surface area (TPSA) is 76.1 Å². The Morgan fingerprint density at radius 3 is 2.44 bits per heavy atom. The molecule has 2 aliphatic rings. The monoisotopic (exact) mass is 522 g/mol. The Morgan fingerprint density at radius 1 is 1.06 bits per heavy atom. The molecule has 0 radical (unpaired) electrons. The van der Waals surface area contributed by atoms with Crippen molar-refractivity contribution in [1.29, 1.82) is 0 Å². The molecule has 4 rings (SSSR count). The molecule has 2 aliphatic heterocycles. The molecule has 9 heteroatoms. The second-order valence-electron chi connectivity index (χ2n) is 8.23. The third kappa shape index (κ3) is 4.13. The predicted octanol–water partition coefficient (Wildman–Crippen LogP) is 3.84. The average Bonchev–Trinajstić information content (AvgIpc) is 3.12. The highest BCUT2D eigenvalue weighted by Gasteiger charge is 2.39. The van der Waals surface area contributed by atoms with Gasteiger partial charge in [0.1, 0.15) is 16.4 Å². The van der Waals surface area contributed by atoms with E-state index in [1.54, 1.807) is 12.1 Å². The quantitative estimate of drug-likeness (QED) is 0.596. The second kappa shape index (κ2) is 9.03.